The van der Waals surface area contributed by atoms with Crippen LogP contribution < -0.4 is 16.0 Å². The lowest BCUT2D eigenvalue weighted by Gasteiger charge is -2.14. The van der Waals surface area contributed by atoms with Gasteiger partial charge in [0.1, 0.15) is 21.7 Å². The van der Waals surface area contributed by atoms with Crippen LogP contribution in [-0.2, 0) is 15.8 Å². The van der Waals surface area contributed by atoms with E-state index >= 15 is 0 Å². The molecule has 2 aromatic carbocycles. The zero-order valence-electron chi connectivity index (χ0n) is 21.5. The van der Waals surface area contributed by atoms with E-state index in [4.69, 9.17) is 34.8 Å². The summed E-state index contributed by atoms with van der Waals surface area (Å²) in [6.07, 6.45) is -3.92. The number of rotatable bonds is 8. The van der Waals surface area contributed by atoms with Crippen molar-refractivity contribution in [3.05, 3.63) is 99.6 Å². The van der Waals surface area contributed by atoms with Crippen molar-refractivity contribution >= 4 is 58.2 Å². The van der Waals surface area contributed by atoms with E-state index in [1.165, 1.54) is 19.1 Å². The van der Waals surface area contributed by atoms with Gasteiger partial charge in [-0.3, -0.25) is 14.4 Å². The topological polar surface area (TPSA) is 87.3 Å². The number of allylic oxidation sites excluding steroid dienone is 3. The first-order valence-electron chi connectivity index (χ1n) is 11.7. The fraction of sp³-hybridized carbons (Fsp3) is 0.222. The molecule has 0 aromatic heterocycles. The van der Waals surface area contributed by atoms with Gasteiger partial charge in [0.2, 0.25) is 11.8 Å². The Morgan fingerprint density at radius 1 is 1.05 bits per heavy atom. The zero-order valence-corrected chi connectivity index (χ0v) is 23.8. The van der Waals surface area contributed by atoms with Gasteiger partial charge in [-0.15, -0.1) is 23.2 Å². The van der Waals surface area contributed by atoms with Crippen molar-refractivity contribution in [2.24, 2.45) is 5.92 Å². The molecule has 0 heterocycles. The Morgan fingerprint density at radius 3 is 2.24 bits per heavy atom. The lowest BCUT2D eigenvalue weighted by atomic mass is 10.0. The molecule has 2 aromatic rings. The van der Waals surface area contributed by atoms with Gasteiger partial charge in [-0.25, -0.2) is 13.2 Å². The Bertz CT molecular complexity index is 1540. The Kier molecular flexibility index (Phi) is 9.75. The van der Waals surface area contributed by atoms with E-state index < -0.39 is 74.5 Å². The number of amides is 3. The maximum atomic E-state index is 14.9. The van der Waals surface area contributed by atoms with Crippen LogP contribution in [0.1, 0.15) is 41.3 Å². The van der Waals surface area contributed by atoms with Crippen molar-refractivity contribution in [2.75, 3.05) is 5.32 Å². The minimum atomic E-state index is -4.99. The number of hydrogen-bond donors (Lipinski definition) is 3. The van der Waals surface area contributed by atoms with Gasteiger partial charge in [-0.05, 0) is 42.8 Å². The summed E-state index contributed by atoms with van der Waals surface area (Å²) >= 11 is 18.5. The van der Waals surface area contributed by atoms with Crippen molar-refractivity contribution in [1.29, 1.82) is 0 Å². The van der Waals surface area contributed by atoms with E-state index in [9.17, 15) is 40.7 Å². The summed E-state index contributed by atoms with van der Waals surface area (Å²) < 4.78 is 80.0. The number of benzene rings is 2. The van der Waals surface area contributed by atoms with Crippen LogP contribution in [0.2, 0.25) is 5.02 Å². The molecule has 3 amide bonds. The molecule has 0 saturated heterocycles. The zero-order chi connectivity index (χ0) is 31.7. The monoisotopic (exact) mass is 653 g/mol. The predicted octanol–water partition coefficient (Wildman–Crippen LogP) is 7.46. The molecule has 0 spiro atoms. The van der Waals surface area contributed by atoms with Crippen molar-refractivity contribution < 1.29 is 40.7 Å². The molecule has 15 heteroatoms. The number of nitrogens with one attached hydrogen (secondary N) is 3. The molecule has 1 aliphatic carbocycles. The van der Waals surface area contributed by atoms with Crippen LogP contribution in [0, 0.1) is 11.7 Å². The third-order valence-corrected chi connectivity index (χ3v) is 7.30. The standard InChI is InChI=1S/C27H20Cl3F6N3O3/c1-4-19(22(33)23(11(2)31)37-12(3)40)39-24(41)15-10-14(6-7-17(15)28)38-25(42)21-20(26(21,29)30)13-5-8-18(32)16(9-13)27(34,35)36/h4-10,20-21H,2H2,1,3H3,(H,37,40)(H,38,42)(H,39,41)/b19-4+,23-22-/t20-,21+/m0/s1. The lowest BCUT2D eigenvalue weighted by Crippen LogP contribution is -2.27. The molecule has 3 rings (SSSR count). The fourth-order valence-corrected chi connectivity index (χ4v) is 5.05. The molecule has 1 saturated carbocycles. The molecule has 0 bridgehead atoms. The Hall–Kier alpha value is -3.48. The first-order chi connectivity index (χ1) is 19.4. The summed E-state index contributed by atoms with van der Waals surface area (Å²) in [5.74, 6) is -9.17. The van der Waals surface area contributed by atoms with E-state index in [1.807, 2.05) is 5.32 Å². The minimum absolute atomic E-state index is 0.0199. The lowest BCUT2D eigenvalue weighted by molar-refractivity contribution is -0.140. The highest BCUT2D eigenvalue weighted by Gasteiger charge is 2.67. The normalized spacial score (nSPS) is 18.5. The first kappa shape index (κ1) is 33.0. The van der Waals surface area contributed by atoms with Gasteiger partial charge >= 0.3 is 6.18 Å². The third-order valence-electron chi connectivity index (χ3n) is 6.03. The summed E-state index contributed by atoms with van der Waals surface area (Å²) in [5.41, 5.74) is -3.40. The maximum Gasteiger partial charge on any atom is 0.419 e. The molecule has 0 radical (unpaired) electrons. The Labute approximate surface area is 250 Å². The van der Waals surface area contributed by atoms with Gasteiger partial charge in [0.15, 0.2) is 5.83 Å². The van der Waals surface area contributed by atoms with Gasteiger partial charge < -0.3 is 16.0 Å². The number of hydrogen-bond acceptors (Lipinski definition) is 3. The van der Waals surface area contributed by atoms with Crippen LogP contribution in [0.4, 0.5) is 32.0 Å². The molecule has 0 unspecified atom stereocenters. The number of anilines is 1. The third kappa shape index (κ3) is 7.11. The summed E-state index contributed by atoms with van der Waals surface area (Å²) in [4.78, 5) is 37.2. The molecule has 3 N–H and O–H groups in total. The van der Waals surface area contributed by atoms with Gasteiger partial charge in [0.25, 0.3) is 5.91 Å². The maximum absolute atomic E-state index is 14.9. The van der Waals surface area contributed by atoms with Crippen LogP contribution >= 0.6 is 34.8 Å². The second-order valence-corrected chi connectivity index (χ2v) is 10.8. The summed E-state index contributed by atoms with van der Waals surface area (Å²) in [6.45, 7) is 5.26. The van der Waals surface area contributed by atoms with Crippen molar-refractivity contribution in [2.45, 2.75) is 30.3 Å². The average Bonchev–Trinajstić information content (AvgIpc) is 3.47. The highest BCUT2D eigenvalue weighted by molar-refractivity contribution is 6.53. The molecule has 224 valence electrons. The summed E-state index contributed by atoms with van der Waals surface area (Å²) in [6, 6.07) is 5.77. The van der Waals surface area contributed by atoms with Crippen LogP contribution in [-0.4, -0.2) is 22.1 Å². The van der Waals surface area contributed by atoms with E-state index in [0.29, 0.717) is 12.1 Å². The smallest absolute Gasteiger partial charge is 0.326 e. The second-order valence-electron chi connectivity index (χ2n) is 8.98. The van der Waals surface area contributed by atoms with Crippen molar-refractivity contribution in [3.63, 3.8) is 0 Å². The second kappa shape index (κ2) is 12.4. The Balaban J connectivity index is 1.83. The molecule has 1 aliphatic rings. The van der Waals surface area contributed by atoms with Crippen LogP contribution in [0.5, 0.6) is 0 Å². The van der Waals surface area contributed by atoms with E-state index in [0.717, 1.165) is 25.1 Å². The van der Waals surface area contributed by atoms with Gasteiger partial charge in [-0.2, -0.15) is 13.2 Å². The molecular formula is C27H20Cl3F6N3O3. The molecule has 6 nitrogen and oxygen atoms in total. The number of alkyl halides is 5. The molecular weight excluding hydrogens is 635 g/mol. The van der Waals surface area contributed by atoms with E-state index in [1.54, 1.807) is 0 Å². The molecule has 0 aliphatic heterocycles. The highest BCUT2D eigenvalue weighted by Crippen LogP contribution is 2.65. The van der Waals surface area contributed by atoms with Crippen molar-refractivity contribution in [1.82, 2.24) is 10.6 Å². The number of carbonyl (C=O) groups excluding carboxylic acids is 3. The molecule has 42 heavy (non-hydrogen) atoms. The van der Waals surface area contributed by atoms with Gasteiger partial charge in [0, 0.05) is 18.5 Å². The highest BCUT2D eigenvalue weighted by atomic mass is 35.5. The van der Waals surface area contributed by atoms with Crippen molar-refractivity contribution in [3.8, 4) is 0 Å². The molecule has 2 atom stereocenters. The summed E-state index contributed by atoms with van der Waals surface area (Å²) in [5, 5.41) is 6.41. The SMILES string of the molecule is C=C(F)/C(NC(C)=O)=C(F)\C(=C/C)NC(=O)c1cc(NC(=O)[C@H]2[C@H](c3ccc(F)c(C(F)(F)F)c3)C2(Cl)Cl)ccc1Cl. The Morgan fingerprint density at radius 2 is 1.69 bits per heavy atom. The quantitative estimate of drug-likeness (QED) is 0.157. The largest absolute Gasteiger partial charge is 0.419 e. The van der Waals surface area contributed by atoms with Gasteiger partial charge in [-0.1, -0.05) is 30.3 Å². The van der Waals surface area contributed by atoms with Crippen LogP contribution in [0.25, 0.3) is 0 Å². The fourth-order valence-electron chi connectivity index (χ4n) is 4.01. The van der Waals surface area contributed by atoms with Crippen LogP contribution in [0.15, 0.2) is 72.1 Å². The predicted molar refractivity (Wildman–Crippen MR) is 146 cm³/mol. The average molecular weight is 655 g/mol. The van der Waals surface area contributed by atoms with Gasteiger partial charge in [0.05, 0.1) is 27.8 Å². The first-order valence-corrected chi connectivity index (χ1v) is 12.9. The number of halogens is 9. The minimum Gasteiger partial charge on any atom is -0.326 e. The van der Waals surface area contributed by atoms with Crippen LogP contribution in [0.3, 0.4) is 0 Å². The van der Waals surface area contributed by atoms with E-state index in [-0.39, 0.29) is 21.8 Å². The van der Waals surface area contributed by atoms with E-state index in [2.05, 4.69) is 17.2 Å². The summed E-state index contributed by atoms with van der Waals surface area (Å²) in [7, 11) is 0. The number of carbonyl (C=O) groups is 3. The molecule has 1 fully saturated rings.